The van der Waals surface area contributed by atoms with E-state index in [2.05, 4.69) is 4.72 Å². The van der Waals surface area contributed by atoms with Gasteiger partial charge in [-0.2, -0.15) is 0 Å². The van der Waals surface area contributed by atoms with Crippen molar-refractivity contribution in [3.8, 4) is 23.0 Å². The fourth-order valence-electron chi connectivity index (χ4n) is 3.72. The third-order valence-corrected chi connectivity index (χ3v) is 6.92. The van der Waals surface area contributed by atoms with Crippen LogP contribution >= 0.6 is 0 Å². The van der Waals surface area contributed by atoms with Crippen LogP contribution in [-0.4, -0.2) is 47.2 Å². The van der Waals surface area contributed by atoms with Gasteiger partial charge < -0.3 is 18.9 Å². The minimum Gasteiger partial charge on any atom is -0.496 e. The summed E-state index contributed by atoms with van der Waals surface area (Å²) in [5.74, 6) is 0.524. The second kappa shape index (κ2) is 11.7. The Bertz CT molecular complexity index is 1350. The number of esters is 1. The van der Waals surface area contributed by atoms with Crippen molar-refractivity contribution in [3.05, 3.63) is 81.9 Å². The summed E-state index contributed by atoms with van der Waals surface area (Å²) in [4.78, 5) is 21.5. The topological polar surface area (TPSA) is 143 Å². The van der Waals surface area contributed by atoms with Crippen LogP contribution in [-0.2, 0) is 14.8 Å². The highest BCUT2D eigenvalue weighted by atomic mass is 32.2. The van der Waals surface area contributed by atoms with Gasteiger partial charge in [0.25, 0.3) is 5.69 Å². The van der Waals surface area contributed by atoms with Crippen LogP contribution in [0.4, 0.5) is 5.69 Å². The summed E-state index contributed by atoms with van der Waals surface area (Å²) in [5, 5.41) is 10.9. The van der Waals surface area contributed by atoms with Gasteiger partial charge in [0, 0.05) is 49.2 Å². The Labute approximate surface area is 214 Å². The highest BCUT2D eigenvalue weighted by molar-refractivity contribution is 7.89. The molecule has 0 aromatic heterocycles. The molecule has 0 saturated carbocycles. The number of ether oxygens (including phenoxy) is 4. The normalized spacial score (nSPS) is 11.9. The summed E-state index contributed by atoms with van der Waals surface area (Å²) in [5.41, 5.74) is 0.999. The zero-order valence-corrected chi connectivity index (χ0v) is 21.4. The predicted octanol–water partition coefficient (Wildman–Crippen LogP) is 3.66. The minimum atomic E-state index is -4.04. The number of benzene rings is 3. The van der Waals surface area contributed by atoms with E-state index in [9.17, 15) is 23.3 Å². The summed E-state index contributed by atoms with van der Waals surface area (Å²) < 4.78 is 50.3. The fraction of sp³-hybridized carbons (Fsp3) is 0.240. The average Bonchev–Trinajstić information content (AvgIpc) is 2.89. The quantitative estimate of drug-likeness (QED) is 0.170. The first-order valence-corrected chi connectivity index (χ1v) is 12.4. The molecule has 0 aliphatic heterocycles. The first-order valence-electron chi connectivity index (χ1n) is 10.9. The highest BCUT2D eigenvalue weighted by Crippen LogP contribution is 2.42. The van der Waals surface area contributed by atoms with Crippen molar-refractivity contribution in [2.24, 2.45) is 0 Å². The Morgan fingerprint density at radius 2 is 1.49 bits per heavy atom. The molecule has 3 rings (SSSR count). The van der Waals surface area contributed by atoms with E-state index in [1.165, 1.54) is 28.3 Å². The molecule has 12 heteroatoms. The third kappa shape index (κ3) is 6.54. The van der Waals surface area contributed by atoms with Crippen molar-refractivity contribution in [1.82, 2.24) is 4.72 Å². The molecule has 0 spiro atoms. The van der Waals surface area contributed by atoms with Crippen molar-refractivity contribution >= 4 is 21.7 Å². The zero-order valence-electron chi connectivity index (χ0n) is 20.6. The minimum absolute atomic E-state index is 0.120. The number of carbonyl (C=O) groups is 1. The number of methoxy groups -OCH3 is 3. The molecule has 0 radical (unpaired) electrons. The molecule has 1 unspecified atom stereocenters. The number of rotatable bonds is 11. The van der Waals surface area contributed by atoms with E-state index >= 15 is 0 Å². The van der Waals surface area contributed by atoms with E-state index in [1.54, 1.807) is 36.4 Å². The smallest absolute Gasteiger partial charge is 0.308 e. The van der Waals surface area contributed by atoms with Crippen molar-refractivity contribution in [2.75, 3.05) is 27.9 Å². The predicted molar refractivity (Wildman–Crippen MR) is 134 cm³/mol. The summed E-state index contributed by atoms with van der Waals surface area (Å²) >= 11 is 0. The van der Waals surface area contributed by atoms with Gasteiger partial charge in [0.15, 0.2) is 0 Å². The SMILES string of the molecule is COc1cc(OC)c(C(CNS(=O)(=O)c2ccc([N+](=O)[O-])cc2)c2ccc(OC(C)=O)cc2)c(OC)c1. The molecule has 1 atom stereocenters. The van der Waals surface area contributed by atoms with E-state index in [1.807, 2.05) is 0 Å². The van der Waals surface area contributed by atoms with Gasteiger partial charge in [0.05, 0.1) is 31.1 Å². The van der Waals surface area contributed by atoms with Crippen LogP contribution in [0.1, 0.15) is 24.0 Å². The van der Waals surface area contributed by atoms with Crippen molar-refractivity contribution in [2.45, 2.75) is 17.7 Å². The van der Waals surface area contributed by atoms with Crippen molar-refractivity contribution in [1.29, 1.82) is 0 Å². The summed E-state index contributed by atoms with van der Waals surface area (Å²) in [7, 11) is 0.403. The number of nitrogens with one attached hydrogen (secondary N) is 1. The maximum Gasteiger partial charge on any atom is 0.308 e. The number of hydrogen-bond acceptors (Lipinski definition) is 9. The van der Waals surface area contributed by atoms with Crippen LogP contribution in [0.2, 0.25) is 0 Å². The molecule has 0 saturated heterocycles. The molecule has 196 valence electrons. The Kier molecular flexibility index (Phi) is 8.69. The van der Waals surface area contributed by atoms with Crippen molar-refractivity contribution < 1.29 is 37.1 Å². The van der Waals surface area contributed by atoms with Crippen LogP contribution in [0.5, 0.6) is 23.0 Å². The second-order valence-electron chi connectivity index (χ2n) is 7.76. The van der Waals surface area contributed by atoms with Gasteiger partial charge in [0.2, 0.25) is 10.0 Å². The lowest BCUT2D eigenvalue weighted by Gasteiger charge is -2.24. The number of carbonyl (C=O) groups excluding carboxylic acids is 1. The van der Waals surface area contributed by atoms with Crippen LogP contribution in [0, 0.1) is 10.1 Å². The Morgan fingerprint density at radius 1 is 0.919 bits per heavy atom. The third-order valence-electron chi connectivity index (χ3n) is 5.48. The average molecular weight is 531 g/mol. The molecule has 0 aliphatic carbocycles. The summed E-state index contributed by atoms with van der Waals surface area (Å²) in [6.45, 7) is 1.17. The first-order chi connectivity index (χ1) is 17.6. The van der Waals surface area contributed by atoms with Crippen molar-refractivity contribution in [3.63, 3.8) is 0 Å². The van der Waals surface area contributed by atoms with Gasteiger partial charge in [-0.3, -0.25) is 14.9 Å². The number of hydrogen-bond donors (Lipinski definition) is 1. The van der Waals surface area contributed by atoms with Crippen LogP contribution < -0.4 is 23.7 Å². The largest absolute Gasteiger partial charge is 0.496 e. The molecule has 0 fully saturated rings. The lowest BCUT2D eigenvalue weighted by molar-refractivity contribution is -0.384. The fourth-order valence-corrected chi connectivity index (χ4v) is 4.77. The van der Waals surface area contributed by atoms with Gasteiger partial charge >= 0.3 is 5.97 Å². The molecule has 0 bridgehead atoms. The second-order valence-corrected chi connectivity index (χ2v) is 9.53. The molecule has 0 amide bonds. The molecular weight excluding hydrogens is 504 g/mol. The maximum atomic E-state index is 13.0. The first kappa shape index (κ1) is 27.4. The van der Waals surface area contributed by atoms with E-state index in [-0.39, 0.29) is 17.1 Å². The summed E-state index contributed by atoms with van der Waals surface area (Å²) in [6, 6.07) is 14.5. The van der Waals surface area contributed by atoms with Crippen LogP contribution in [0.15, 0.2) is 65.6 Å². The zero-order chi connectivity index (χ0) is 27.2. The number of nitrogens with zero attached hydrogens (tertiary/aromatic N) is 1. The van der Waals surface area contributed by atoms with E-state index in [0.717, 1.165) is 24.3 Å². The number of nitro groups is 1. The highest BCUT2D eigenvalue weighted by Gasteiger charge is 2.27. The monoisotopic (exact) mass is 530 g/mol. The maximum absolute atomic E-state index is 13.0. The van der Waals surface area contributed by atoms with Gasteiger partial charge in [0.1, 0.15) is 23.0 Å². The Balaban J connectivity index is 2.04. The van der Waals surface area contributed by atoms with Gasteiger partial charge in [-0.05, 0) is 29.8 Å². The van der Waals surface area contributed by atoms with E-state index in [4.69, 9.17) is 18.9 Å². The van der Waals surface area contributed by atoms with Gasteiger partial charge in [-0.1, -0.05) is 12.1 Å². The lowest BCUT2D eigenvalue weighted by Crippen LogP contribution is -2.29. The Hall–Kier alpha value is -4.16. The summed E-state index contributed by atoms with van der Waals surface area (Å²) in [6.07, 6.45) is 0. The molecule has 1 N–H and O–H groups in total. The molecular formula is C25H26N2O9S. The van der Waals surface area contributed by atoms with Gasteiger partial charge in [-0.25, -0.2) is 13.1 Å². The Morgan fingerprint density at radius 3 is 1.95 bits per heavy atom. The molecule has 0 aliphatic rings. The molecule has 0 heterocycles. The molecule has 37 heavy (non-hydrogen) atoms. The molecule has 3 aromatic carbocycles. The number of sulfonamides is 1. The standard InChI is InChI=1S/C25H26N2O9S/c1-16(28)36-19-9-5-17(6-10-19)22(25-23(34-3)13-20(33-2)14-24(25)35-4)15-26-37(31,32)21-11-7-18(8-12-21)27(29)30/h5-14,22,26H,15H2,1-4H3. The van der Waals surface area contributed by atoms with Gasteiger partial charge in [-0.15, -0.1) is 0 Å². The number of nitro benzene ring substituents is 1. The van der Waals surface area contributed by atoms with E-state index in [0.29, 0.717) is 34.1 Å². The molecule has 11 nitrogen and oxygen atoms in total. The van der Waals surface area contributed by atoms with Crippen LogP contribution in [0.25, 0.3) is 0 Å². The number of non-ortho nitro benzene ring substituents is 1. The van der Waals surface area contributed by atoms with Crippen LogP contribution in [0.3, 0.4) is 0 Å². The van der Waals surface area contributed by atoms with E-state index < -0.39 is 26.8 Å². The molecule has 3 aromatic rings. The lowest BCUT2D eigenvalue weighted by atomic mass is 9.89.